The fraction of sp³-hybridized carbons (Fsp3) is 0.400. The van der Waals surface area contributed by atoms with E-state index in [0.717, 1.165) is 12.8 Å². The fourth-order valence-corrected chi connectivity index (χ4v) is 3.79. The SMILES string of the molecule is O=C1CC(C(=O)N[C@@H](c2ccc3c(c2)OC(F)(F)O3)C2CC2)NC(c2ncccn2)N1. The lowest BCUT2D eigenvalue weighted by Gasteiger charge is -2.31. The molecule has 5 rings (SSSR count). The number of nitrogens with one attached hydrogen (secondary N) is 3. The lowest BCUT2D eigenvalue weighted by atomic mass is 10.0. The summed E-state index contributed by atoms with van der Waals surface area (Å²) in [5.74, 6) is -0.260. The van der Waals surface area contributed by atoms with E-state index in [1.807, 2.05) is 0 Å². The second-order valence-corrected chi connectivity index (χ2v) is 7.73. The molecule has 3 atom stereocenters. The van der Waals surface area contributed by atoms with Crippen molar-refractivity contribution in [2.24, 2.45) is 5.92 Å². The van der Waals surface area contributed by atoms with Crippen LogP contribution in [0.5, 0.6) is 11.5 Å². The molecular weight excluding hydrogens is 412 g/mol. The molecule has 2 aromatic rings. The number of hydrogen-bond donors (Lipinski definition) is 3. The molecule has 0 bridgehead atoms. The van der Waals surface area contributed by atoms with Crippen molar-refractivity contribution in [3.05, 3.63) is 48.0 Å². The van der Waals surface area contributed by atoms with Crippen LogP contribution in [0.3, 0.4) is 0 Å². The number of alkyl halides is 2. The number of halogens is 2. The van der Waals surface area contributed by atoms with E-state index < -0.39 is 24.5 Å². The van der Waals surface area contributed by atoms with Crippen LogP contribution in [0.25, 0.3) is 0 Å². The molecule has 1 aromatic carbocycles. The first kappa shape index (κ1) is 19.6. The second-order valence-electron chi connectivity index (χ2n) is 7.73. The van der Waals surface area contributed by atoms with Gasteiger partial charge in [-0.15, -0.1) is 8.78 Å². The minimum Gasteiger partial charge on any atom is -0.395 e. The summed E-state index contributed by atoms with van der Waals surface area (Å²) in [6, 6.07) is 4.97. The number of aromatic nitrogens is 2. The Balaban J connectivity index is 1.32. The summed E-state index contributed by atoms with van der Waals surface area (Å²) in [6.45, 7) is 0. The summed E-state index contributed by atoms with van der Waals surface area (Å²) in [5.41, 5.74) is 0.638. The average molecular weight is 431 g/mol. The van der Waals surface area contributed by atoms with Gasteiger partial charge in [0.1, 0.15) is 6.17 Å². The maximum absolute atomic E-state index is 13.3. The molecule has 3 heterocycles. The van der Waals surface area contributed by atoms with Crippen molar-refractivity contribution < 1.29 is 27.8 Å². The highest BCUT2D eigenvalue weighted by Crippen LogP contribution is 2.46. The third kappa shape index (κ3) is 4.13. The Morgan fingerprint density at radius 1 is 1.19 bits per heavy atom. The molecule has 162 valence electrons. The van der Waals surface area contributed by atoms with Crippen LogP contribution >= 0.6 is 0 Å². The van der Waals surface area contributed by atoms with Crippen LogP contribution in [0.1, 0.15) is 42.9 Å². The first-order valence-corrected chi connectivity index (χ1v) is 9.90. The molecular formula is C20H19F2N5O4. The van der Waals surface area contributed by atoms with Crippen molar-refractivity contribution >= 4 is 11.8 Å². The van der Waals surface area contributed by atoms with Crippen LogP contribution in [0, 0.1) is 5.92 Å². The molecule has 1 saturated heterocycles. The number of ether oxygens (including phenoxy) is 2. The first-order valence-electron chi connectivity index (χ1n) is 9.90. The Bertz CT molecular complexity index is 1020. The molecule has 11 heteroatoms. The van der Waals surface area contributed by atoms with Gasteiger partial charge >= 0.3 is 6.29 Å². The molecule has 1 saturated carbocycles. The molecule has 2 unspecified atom stereocenters. The zero-order valence-corrected chi connectivity index (χ0v) is 16.2. The number of benzene rings is 1. The normalized spacial score (nSPS) is 24.9. The number of carbonyl (C=O) groups is 2. The highest BCUT2D eigenvalue weighted by molar-refractivity contribution is 5.89. The van der Waals surface area contributed by atoms with Gasteiger partial charge < -0.3 is 20.1 Å². The van der Waals surface area contributed by atoms with Gasteiger partial charge in [0.2, 0.25) is 11.8 Å². The van der Waals surface area contributed by atoms with Gasteiger partial charge in [-0.05, 0) is 42.5 Å². The van der Waals surface area contributed by atoms with Gasteiger partial charge in [-0.2, -0.15) is 0 Å². The largest absolute Gasteiger partial charge is 0.586 e. The molecule has 0 spiro atoms. The topological polar surface area (TPSA) is 114 Å². The lowest BCUT2D eigenvalue weighted by Crippen LogP contribution is -2.57. The second kappa shape index (κ2) is 7.41. The van der Waals surface area contributed by atoms with Crippen molar-refractivity contribution in [2.45, 2.75) is 43.8 Å². The quantitative estimate of drug-likeness (QED) is 0.658. The van der Waals surface area contributed by atoms with E-state index in [-0.39, 0.29) is 35.7 Å². The van der Waals surface area contributed by atoms with Crippen LogP contribution in [0.4, 0.5) is 8.78 Å². The van der Waals surface area contributed by atoms with Gasteiger partial charge in [-0.1, -0.05) is 6.07 Å². The summed E-state index contributed by atoms with van der Waals surface area (Å²) in [6.07, 6.45) is 0.458. The highest BCUT2D eigenvalue weighted by atomic mass is 19.3. The van der Waals surface area contributed by atoms with E-state index >= 15 is 0 Å². The number of carbonyl (C=O) groups excluding carboxylic acids is 2. The number of nitrogens with zero attached hydrogens (tertiary/aromatic N) is 2. The third-order valence-corrected chi connectivity index (χ3v) is 5.40. The van der Waals surface area contributed by atoms with Gasteiger partial charge in [0.25, 0.3) is 0 Å². The fourth-order valence-electron chi connectivity index (χ4n) is 3.79. The molecule has 2 amide bonds. The molecule has 2 fully saturated rings. The Hall–Kier alpha value is -3.34. The molecule has 3 N–H and O–H groups in total. The number of rotatable bonds is 5. The molecule has 31 heavy (non-hydrogen) atoms. The van der Waals surface area contributed by atoms with Crippen molar-refractivity contribution in [3.8, 4) is 11.5 Å². The van der Waals surface area contributed by atoms with E-state index in [1.54, 1.807) is 24.5 Å². The first-order chi connectivity index (χ1) is 14.9. The third-order valence-electron chi connectivity index (χ3n) is 5.40. The Morgan fingerprint density at radius 2 is 1.94 bits per heavy atom. The summed E-state index contributed by atoms with van der Waals surface area (Å²) in [7, 11) is 0. The van der Waals surface area contributed by atoms with Crippen molar-refractivity contribution in [1.29, 1.82) is 0 Å². The molecule has 1 aliphatic carbocycles. The summed E-state index contributed by atoms with van der Waals surface area (Å²) in [5, 5.41) is 8.74. The van der Waals surface area contributed by atoms with Crippen LogP contribution in [-0.2, 0) is 9.59 Å². The Morgan fingerprint density at radius 3 is 2.68 bits per heavy atom. The minimum atomic E-state index is -3.70. The number of fused-ring (bicyclic) bond motifs is 1. The van der Waals surface area contributed by atoms with E-state index in [9.17, 15) is 18.4 Å². The van der Waals surface area contributed by atoms with E-state index in [2.05, 4.69) is 35.4 Å². The van der Waals surface area contributed by atoms with Crippen LogP contribution < -0.4 is 25.4 Å². The maximum atomic E-state index is 13.3. The van der Waals surface area contributed by atoms with Gasteiger partial charge in [0, 0.05) is 12.4 Å². The highest BCUT2D eigenvalue weighted by Gasteiger charge is 2.44. The van der Waals surface area contributed by atoms with E-state index in [0.29, 0.717) is 11.4 Å². The Labute approximate surface area is 175 Å². The maximum Gasteiger partial charge on any atom is 0.586 e. The summed E-state index contributed by atoms with van der Waals surface area (Å²) >= 11 is 0. The summed E-state index contributed by atoms with van der Waals surface area (Å²) in [4.78, 5) is 33.4. The van der Waals surface area contributed by atoms with Crippen LogP contribution in [0.2, 0.25) is 0 Å². The zero-order chi connectivity index (χ0) is 21.6. The molecule has 9 nitrogen and oxygen atoms in total. The minimum absolute atomic E-state index is 0.0418. The standard InChI is InChI=1S/C20H19F2N5O4/c21-20(22)30-13-5-4-11(8-14(13)31-20)16(10-2-3-10)27-19(29)12-9-15(28)26-18(25-12)17-23-6-1-7-24-17/h1,4-8,10,12,16,18,25H,2-3,9H2,(H,26,28)(H,27,29)/t12?,16-,18?/m1/s1. The molecule has 0 radical (unpaired) electrons. The van der Waals surface area contributed by atoms with Gasteiger partial charge in [-0.3, -0.25) is 14.9 Å². The van der Waals surface area contributed by atoms with Gasteiger partial charge in [0.05, 0.1) is 18.5 Å². The predicted molar refractivity (Wildman–Crippen MR) is 101 cm³/mol. The van der Waals surface area contributed by atoms with Crippen molar-refractivity contribution in [2.75, 3.05) is 0 Å². The van der Waals surface area contributed by atoms with Crippen LogP contribution in [-0.4, -0.2) is 34.1 Å². The summed E-state index contributed by atoms with van der Waals surface area (Å²) < 4.78 is 35.6. The van der Waals surface area contributed by atoms with Crippen molar-refractivity contribution in [3.63, 3.8) is 0 Å². The monoisotopic (exact) mass is 431 g/mol. The van der Waals surface area contributed by atoms with E-state index in [4.69, 9.17) is 0 Å². The van der Waals surface area contributed by atoms with Crippen LogP contribution in [0.15, 0.2) is 36.7 Å². The van der Waals surface area contributed by atoms with Crippen molar-refractivity contribution in [1.82, 2.24) is 25.9 Å². The number of amides is 2. The van der Waals surface area contributed by atoms with Gasteiger partial charge in [-0.25, -0.2) is 9.97 Å². The smallest absolute Gasteiger partial charge is 0.395 e. The Kier molecular flexibility index (Phi) is 4.69. The lowest BCUT2D eigenvalue weighted by molar-refractivity contribution is -0.286. The molecule has 2 aliphatic heterocycles. The number of hydrogen-bond acceptors (Lipinski definition) is 7. The average Bonchev–Trinajstić information content (AvgIpc) is 3.53. The predicted octanol–water partition coefficient (Wildman–Crippen LogP) is 1.54. The molecule has 1 aromatic heterocycles. The zero-order valence-electron chi connectivity index (χ0n) is 16.2. The van der Waals surface area contributed by atoms with Gasteiger partial charge in [0.15, 0.2) is 17.3 Å². The molecule has 3 aliphatic rings. The van der Waals surface area contributed by atoms with E-state index in [1.165, 1.54) is 12.1 Å².